The van der Waals surface area contributed by atoms with E-state index in [1.54, 1.807) is 55.3 Å². The first-order valence-electron chi connectivity index (χ1n) is 12.7. The Hall–Kier alpha value is -4.80. The van der Waals surface area contributed by atoms with Crippen LogP contribution in [0, 0.1) is 5.82 Å². The number of benzene rings is 3. The number of carbonyl (C=O) groups excluding carboxylic acids is 1. The number of hydrogen-bond donors (Lipinski definition) is 0. The molecule has 7 nitrogen and oxygen atoms in total. The largest absolute Gasteiger partial charge is 0.416 e. The summed E-state index contributed by atoms with van der Waals surface area (Å²) in [5, 5.41) is 0.347. The second-order valence-corrected chi connectivity index (χ2v) is 9.70. The lowest BCUT2D eigenvalue weighted by Crippen LogP contribution is -2.38. The number of fused-ring (bicyclic) bond motifs is 1. The highest BCUT2D eigenvalue weighted by Gasteiger charge is 2.31. The maximum absolute atomic E-state index is 13.8. The summed E-state index contributed by atoms with van der Waals surface area (Å²) in [6.45, 7) is 1.76. The zero-order valence-electron chi connectivity index (χ0n) is 22.1. The van der Waals surface area contributed by atoms with Gasteiger partial charge in [-0.15, -0.1) is 0 Å². The molecule has 0 spiro atoms. The lowest BCUT2D eigenvalue weighted by molar-refractivity contribution is -0.137. The summed E-state index contributed by atoms with van der Waals surface area (Å²) in [5.41, 5.74) is 0.545. The van der Waals surface area contributed by atoms with Crippen LogP contribution in [0.25, 0.3) is 16.6 Å². The molecular formula is C30H25F4N5O2. The molecule has 2 aromatic heterocycles. The van der Waals surface area contributed by atoms with E-state index < -0.39 is 35.1 Å². The Bertz CT molecular complexity index is 1760. The third-order valence-corrected chi connectivity index (χ3v) is 6.78. The first-order chi connectivity index (χ1) is 19.5. The summed E-state index contributed by atoms with van der Waals surface area (Å²) in [7, 11) is 1.78. The van der Waals surface area contributed by atoms with Crippen molar-refractivity contribution in [3.63, 3.8) is 0 Å². The van der Waals surface area contributed by atoms with Crippen molar-refractivity contribution in [2.45, 2.75) is 32.1 Å². The van der Waals surface area contributed by atoms with Crippen LogP contribution in [0.1, 0.15) is 35.6 Å². The van der Waals surface area contributed by atoms with Crippen LogP contribution in [0.15, 0.2) is 90.1 Å². The number of halogens is 4. The molecule has 5 rings (SSSR count). The minimum Gasteiger partial charge on any atom is -0.340 e. The van der Waals surface area contributed by atoms with E-state index in [9.17, 15) is 27.2 Å². The van der Waals surface area contributed by atoms with Gasteiger partial charge in [0.15, 0.2) is 0 Å². The molecule has 5 aromatic rings. The molecule has 1 amide bonds. The van der Waals surface area contributed by atoms with Crippen LogP contribution in [0.2, 0.25) is 0 Å². The first kappa shape index (κ1) is 27.8. The van der Waals surface area contributed by atoms with Crippen LogP contribution in [0.3, 0.4) is 0 Å². The minimum absolute atomic E-state index is 0.0492. The van der Waals surface area contributed by atoms with E-state index in [2.05, 4.69) is 4.98 Å². The first-order valence-corrected chi connectivity index (χ1v) is 12.7. The fourth-order valence-electron chi connectivity index (χ4n) is 4.66. The molecule has 210 valence electrons. The zero-order chi connectivity index (χ0) is 29.3. The monoisotopic (exact) mass is 563 g/mol. The van der Waals surface area contributed by atoms with Gasteiger partial charge in [-0.05, 0) is 61.0 Å². The van der Waals surface area contributed by atoms with E-state index >= 15 is 0 Å². The topological polar surface area (TPSA) is 73.0 Å². The van der Waals surface area contributed by atoms with E-state index in [1.807, 2.05) is 0 Å². The molecule has 0 N–H and O–H groups in total. The molecule has 3 aromatic carbocycles. The van der Waals surface area contributed by atoms with Gasteiger partial charge < -0.3 is 9.47 Å². The average molecular weight is 564 g/mol. The number of amides is 1. The maximum atomic E-state index is 13.8. The molecule has 0 aliphatic heterocycles. The summed E-state index contributed by atoms with van der Waals surface area (Å²) in [6.07, 6.45) is -1.36. The quantitative estimate of drug-likeness (QED) is 0.242. The third kappa shape index (κ3) is 5.88. The van der Waals surface area contributed by atoms with Gasteiger partial charge in [0.25, 0.3) is 5.56 Å². The third-order valence-electron chi connectivity index (χ3n) is 6.78. The average Bonchev–Trinajstić information content (AvgIpc) is 3.36. The summed E-state index contributed by atoms with van der Waals surface area (Å²) < 4.78 is 56.0. The number of aromatic nitrogens is 4. The van der Waals surface area contributed by atoms with Crippen molar-refractivity contribution in [3.05, 3.63) is 124 Å². The molecule has 1 atom stereocenters. The highest BCUT2D eigenvalue weighted by Crippen LogP contribution is 2.30. The van der Waals surface area contributed by atoms with Crippen LogP contribution in [0.5, 0.6) is 0 Å². The Labute approximate surface area is 232 Å². The Morgan fingerprint density at radius 2 is 1.68 bits per heavy atom. The van der Waals surface area contributed by atoms with Gasteiger partial charge in [-0.3, -0.25) is 14.2 Å². The molecule has 0 aliphatic rings. The van der Waals surface area contributed by atoms with Crippen molar-refractivity contribution >= 4 is 16.8 Å². The number of alkyl halides is 3. The standard InChI is InChI=1S/C30H25F4N5O2/c1-19(28-36-26-6-4-3-5-25(26)29(41)39(28)24-13-11-22(31)12-14-24)38(17-23-16-37(2)18-35-23)27(40)15-20-7-9-21(10-8-20)30(32,33)34/h3-14,16,18-19H,15,17H2,1-2H3/t19-/m1/s1. The number of para-hydroxylation sites is 1. The van der Waals surface area contributed by atoms with Crippen LogP contribution < -0.4 is 5.56 Å². The van der Waals surface area contributed by atoms with Gasteiger partial charge in [0, 0.05) is 13.2 Å². The molecule has 0 unspecified atom stereocenters. The summed E-state index contributed by atoms with van der Waals surface area (Å²) in [5.74, 6) is -0.651. The SMILES string of the molecule is C[C@H](c1nc2ccccc2c(=O)n1-c1ccc(F)cc1)N(Cc1cn(C)cn1)C(=O)Cc1ccc(C(F)(F)F)cc1. The smallest absolute Gasteiger partial charge is 0.340 e. The van der Waals surface area contributed by atoms with E-state index in [0.29, 0.717) is 27.8 Å². The summed E-state index contributed by atoms with van der Waals surface area (Å²) in [4.78, 5) is 38.1. The van der Waals surface area contributed by atoms with E-state index in [4.69, 9.17) is 4.98 Å². The highest BCUT2D eigenvalue weighted by atomic mass is 19.4. The van der Waals surface area contributed by atoms with Gasteiger partial charge in [0.05, 0.1) is 53.2 Å². The molecule has 41 heavy (non-hydrogen) atoms. The molecule has 0 radical (unpaired) electrons. The van der Waals surface area contributed by atoms with Crippen LogP contribution in [-0.4, -0.2) is 29.9 Å². The number of carbonyl (C=O) groups is 1. The van der Waals surface area contributed by atoms with Crippen molar-refractivity contribution in [2.75, 3.05) is 0 Å². The van der Waals surface area contributed by atoms with Crippen LogP contribution in [-0.2, 0) is 31.0 Å². The van der Waals surface area contributed by atoms with Crippen molar-refractivity contribution in [1.82, 2.24) is 24.0 Å². The molecule has 2 heterocycles. The molecular weight excluding hydrogens is 538 g/mol. The summed E-state index contributed by atoms with van der Waals surface area (Å²) >= 11 is 0. The van der Waals surface area contributed by atoms with Gasteiger partial charge in [0.1, 0.15) is 11.6 Å². The van der Waals surface area contributed by atoms with Gasteiger partial charge in [-0.2, -0.15) is 13.2 Å². The molecule has 0 saturated heterocycles. The fourth-order valence-corrected chi connectivity index (χ4v) is 4.66. The Balaban J connectivity index is 1.59. The van der Waals surface area contributed by atoms with Crippen molar-refractivity contribution < 1.29 is 22.4 Å². The number of imidazole rings is 1. The lowest BCUT2D eigenvalue weighted by atomic mass is 10.1. The molecule has 0 bridgehead atoms. The second-order valence-electron chi connectivity index (χ2n) is 9.70. The van der Waals surface area contributed by atoms with E-state index in [1.165, 1.54) is 45.9 Å². The predicted octanol–water partition coefficient (Wildman–Crippen LogP) is 5.61. The van der Waals surface area contributed by atoms with Gasteiger partial charge in [-0.1, -0.05) is 24.3 Å². The normalized spacial score (nSPS) is 12.4. The second kappa shape index (κ2) is 11.0. The maximum Gasteiger partial charge on any atom is 0.416 e. The predicted molar refractivity (Wildman–Crippen MR) is 145 cm³/mol. The van der Waals surface area contributed by atoms with Crippen molar-refractivity contribution in [3.8, 4) is 5.69 Å². The highest BCUT2D eigenvalue weighted by molar-refractivity contribution is 5.80. The van der Waals surface area contributed by atoms with Gasteiger partial charge in [-0.25, -0.2) is 14.4 Å². The Kier molecular flexibility index (Phi) is 7.44. The molecule has 0 fully saturated rings. The van der Waals surface area contributed by atoms with Crippen molar-refractivity contribution in [2.24, 2.45) is 7.05 Å². The Morgan fingerprint density at radius 1 is 1.00 bits per heavy atom. The van der Waals surface area contributed by atoms with Crippen LogP contribution in [0.4, 0.5) is 17.6 Å². The minimum atomic E-state index is -4.49. The van der Waals surface area contributed by atoms with E-state index in [0.717, 1.165) is 12.1 Å². The number of hydrogen-bond acceptors (Lipinski definition) is 4. The van der Waals surface area contributed by atoms with Gasteiger partial charge in [0.2, 0.25) is 5.91 Å². The lowest BCUT2D eigenvalue weighted by Gasteiger charge is -2.30. The summed E-state index contributed by atoms with van der Waals surface area (Å²) in [6, 6.07) is 15.8. The number of rotatable bonds is 7. The Morgan fingerprint density at radius 3 is 2.32 bits per heavy atom. The van der Waals surface area contributed by atoms with Gasteiger partial charge >= 0.3 is 6.18 Å². The molecule has 0 saturated carbocycles. The fraction of sp³-hybridized carbons (Fsp3) is 0.200. The van der Waals surface area contributed by atoms with Crippen LogP contribution >= 0.6 is 0 Å². The number of nitrogens with zero attached hydrogens (tertiary/aromatic N) is 5. The zero-order valence-corrected chi connectivity index (χ0v) is 22.1. The van der Waals surface area contributed by atoms with E-state index in [-0.39, 0.29) is 18.8 Å². The van der Waals surface area contributed by atoms with Crippen molar-refractivity contribution in [1.29, 1.82) is 0 Å². The number of aryl methyl sites for hydroxylation is 1. The molecule has 0 aliphatic carbocycles. The molecule has 11 heteroatoms.